The summed E-state index contributed by atoms with van der Waals surface area (Å²) in [5.41, 5.74) is 3.10. The maximum atomic E-state index is 13.9. The van der Waals surface area contributed by atoms with Crippen molar-refractivity contribution in [2.75, 3.05) is 6.61 Å². The molecule has 1 atom stereocenters. The summed E-state index contributed by atoms with van der Waals surface area (Å²) in [7, 11) is 0. The Balaban J connectivity index is 1.59. The lowest BCUT2D eigenvalue weighted by Crippen LogP contribution is -2.32. The van der Waals surface area contributed by atoms with Gasteiger partial charge < -0.3 is 10.1 Å². The number of amides is 1. The van der Waals surface area contributed by atoms with E-state index in [1.807, 2.05) is 42.5 Å². The first-order valence-electron chi connectivity index (χ1n) is 11.0. The smallest absolute Gasteiger partial charge is 0.262 e. The Hall–Kier alpha value is -3.25. The van der Waals surface area contributed by atoms with E-state index < -0.39 is 11.6 Å². The number of thiophene rings is 1. The topological polar surface area (TPSA) is 38.3 Å². The van der Waals surface area contributed by atoms with Gasteiger partial charge >= 0.3 is 0 Å². The van der Waals surface area contributed by atoms with Crippen molar-refractivity contribution < 1.29 is 18.3 Å². The number of carbonyl (C=O) groups is 1. The lowest BCUT2D eigenvalue weighted by atomic mass is 9.95. The highest BCUT2D eigenvalue weighted by Crippen LogP contribution is 2.42. The average molecular weight is 464 g/mol. The largest absolute Gasteiger partial charge is 0.493 e. The summed E-state index contributed by atoms with van der Waals surface area (Å²) >= 11 is 1.38. The number of rotatable bonds is 4. The number of fused-ring (bicyclic) bond motifs is 2. The van der Waals surface area contributed by atoms with Crippen LogP contribution in [0.25, 0.3) is 21.2 Å². The summed E-state index contributed by atoms with van der Waals surface area (Å²) in [5, 5.41) is 4.14. The standard InChI is InChI=1S/C27H23F2NO2S/c1-15(2)24-21-8-5-7-19(16-12-17(28)14-18(29)13-16)25(21)33-26(24)27(31)30-22-10-11-32-23-9-4-3-6-20(22)23/h3-9,12-15,22H,10-11H2,1-2H3,(H,30,31)/t22-/m0/s1. The molecule has 3 nitrogen and oxygen atoms in total. The van der Waals surface area contributed by atoms with E-state index >= 15 is 0 Å². The summed E-state index contributed by atoms with van der Waals surface area (Å²) < 4.78 is 34.4. The van der Waals surface area contributed by atoms with Gasteiger partial charge in [0.15, 0.2) is 0 Å². The van der Waals surface area contributed by atoms with E-state index in [2.05, 4.69) is 19.2 Å². The van der Waals surface area contributed by atoms with Gasteiger partial charge in [-0.2, -0.15) is 0 Å². The van der Waals surface area contributed by atoms with Gasteiger partial charge in [-0.1, -0.05) is 50.2 Å². The van der Waals surface area contributed by atoms with Gasteiger partial charge in [0, 0.05) is 22.8 Å². The fourth-order valence-electron chi connectivity index (χ4n) is 4.53. The predicted molar refractivity (Wildman–Crippen MR) is 128 cm³/mol. The number of para-hydroxylation sites is 1. The number of benzene rings is 3. The zero-order valence-corrected chi connectivity index (χ0v) is 19.1. The van der Waals surface area contributed by atoms with Crippen molar-refractivity contribution in [3.05, 3.63) is 88.3 Å². The fourth-order valence-corrected chi connectivity index (χ4v) is 5.93. The van der Waals surface area contributed by atoms with Crippen LogP contribution >= 0.6 is 11.3 Å². The first kappa shape index (κ1) is 21.6. The molecule has 0 fully saturated rings. The van der Waals surface area contributed by atoms with E-state index in [1.165, 1.54) is 23.5 Å². The van der Waals surface area contributed by atoms with Gasteiger partial charge in [0.2, 0.25) is 0 Å². The highest BCUT2D eigenvalue weighted by atomic mass is 32.1. The third-order valence-corrected chi connectivity index (χ3v) is 7.23. The second-order valence-corrected chi connectivity index (χ2v) is 9.56. The van der Waals surface area contributed by atoms with E-state index in [0.717, 1.165) is 33.0 Å². The minimum absolute atomic E-state index is 0.0981. The molecule has 1 N–H and O–H groups in total. The molecule has 2 heterocycles. The lowest BCUT2D eigenvalue weighted by Gasteiger charge is -2.26. The molecule has 33 heavy (non-hydrogen) atoms. The summed E-state index contributed by atoms with van der Waals surface area (Å²) in [6.07, 6.45) is 0.693. The van der Waals surface area contributed by atoms with Crippen molar-refractivity contribution in [1.29, 1.82) is 0 Å². The number of hydrogen-bond donors (Lipinski definition) is 1. The van der Waals surface area contributed by atoms with Crippen LogP contribution in [0.3, 0.4) is 0 Å². The number of nitrogens with one attached hydrogen (secondary N) is 1. The molecule has 3 aromatic carbocycles. The van der Waals surface area contributed by atoms with Gasteiger partial charge in [-0.3, -0.25) is 4.79 Å². The van der Waals surface area contributed by atoms with Crippen molar-refractivity contribution in [2.24, 2.45) is 0 Å². The molecule has 1 aliphatic heterocycles. The van der Waals surface area contributed by atoms with Crippen molar-refractivity contribution in [2.45, 2.75) is 32.2 Å². The van der Waals surface area contributed by atoms with Gasteiger partial charge in [-0.15, -0.1) is 11.3 Å². The molecule has 0 unspecified atom stereocenters. The first-order valence-corrected chi connectivity index (χ1v) is 11.8. The first-order chi connectivity index (χ1) is 15.9. The van der Waals surface area contributed by atoms with Crippen LogP contribution in [0.4, 0.5) is 8.78 Å². The second kappa shape index (κ2) is 8.60. The molecule has 1 amide bonds. The van der Waals surface area contributed by atoms with E-state index in [0.29, 0.717) is 29.0 Å². The van der Waals surface area contributed by atoms with Crippen LogP contribution in [-0.4, -0.2) is 12.5 Å². The number of hydrogen-bond acceptors (Lipinski definition) is 3. The molecule has 4 aromatic rings. The molecule has 0 aliphatic carbocycles. The monoisotopic (exact) mass is 463 g/mol. The summed E-state index contributed by atoms with van der Waals surface area (Å²) in [6, 6.07) is 16.8. The molecular formula is C27H23F2NO2S. The zero-order chi connectivity index (χ0) is 23.1. The second-order valence-electron chi connectivity index (χ2n) is 8.54. The molecule has 0 saturated carbocycles. The van der Waals surface area contributed by atoms with E-state index in [-0.39, 0.29) is 17.9 Å². The van der Waals surface area contributed by atoms with E-state index in [9.17, 15) is 13.6 Å². The number of halogens is 2. The minimum atomic E-state index is -0.626. The Bertz CT molecular complexity index is 1340. The predicted octanol–water partition coefficient (Wildman–Crippen LogP) is 7.22. The van der Waals surface area contributed by atoms with Crippen LogP contribution in [0.15, 0.2) is 60.7 Å². The molecule has 0 spiro atoms. The van der Waals surface area contributed by atoms with Crippen LogP contribution in [-0.2, 0) is 0 Å². The van der Waals surface area contributed by atoms with Crippen LogP contribution < -0.4 is 10.1 Å². The summed E-state index contributed by atoms with van der Waals surface area (Å²) in [4.78, 5) is 14.1. The molecule has 168 valence electrons. The van der Waals surface area contributed by atoms with Gasteiger partial charge in [-0.25, -0.2) is 8.78 Å². The maximum Gasteiger partial charge on any atom is 0.262 e. The Labute approximate surface area is 195 Å². The van der Waals surface area contributed by atoms with Gasteiger partial charge in [0.05, 0.1) is 17.5 Å². The van der Waals surface area contributed by atoms with Gasteiger partial charge in [-0.05, 0) is 46.2 Å². The highest BCUT2D eigenvalue weighted by molar-refractivity contribution is 7.21. The lowest BCUT2D eigenvalue weighted by molar-refractivity contribution is 0.0928. The average Bonchev–Trinajstić information content (AvgIpc) is 3.19. The van der Waals surface area contributed by atoms with Crippen molar-refractivity contribution in [3.63, 3.8) is 0 Å². The van der Waals surface area contributed by atoms with Crippen LogP contribution in [0.2, 0.25) is 0 Å². The van der Waals surface area contributed by atoms with Crippen LogP contribution in [0, 0.1) is 11.6 Å². The quantitative estimate of drug-likeness (QED) is 0.347. The Morgan fingerprint density at radius 2 is 1.82 bits per heavy atom. The summed E-state index contributed by atoms with van der Waals surface area (Å²) in [5.74, 6) is -0.499. The van der Waals surface area contributed by atoms with Gasteiger partial charge in [0.1, 0.15) is 17.4 Å². The third-order valence-electron chi connectivity index (χ3n) is 5.97. The maximum absolute atomic E-state index is 13.9. The SMILES string of the molecule is CC(C)c1c(C(=O)N[C@H]2CCOc3ccccc32)sc2c(-c3cc(F)cc(F)c3)cccc12. The highest BCUT2D eigenvalue weighted by Gasteiger charge is 2.27. The van der Waals surface area contributed by atoms with E-state index in [1.54, 1.807) is 0 Å². The fraction of sp³-hybridized carbons (Fsp3) is 0.222. The molecule has 0 bridgehead atoms. The van der Waals surface area contributed by atoms with Crippen molar-refractivity contribution in [1.82, 2.24) is 5.32 Å². The van der Waals surface area contributed by atoms with E-state index in [4.69, 9.17) is 4.74 Å². The van der Waals surface area contributed by atoms with Crippen molar-refractivity contribution >= 4 is 27.3 Å². The summed E-state index contributed by atoms with van der Waals surface area (Å²) in [6.45, 7) is 4.65. The van der Waals surface area contributed by atoms with Crippen LogP contribution in [0.5, 0.6) is 5.75 Å². The third kappa shape index (κ3) is 4.00. The number of carbonyl (C=O) groups excluding carboxylic acids is 1. The van der Waals surface area contributed by atoms with Crippen LogP contribution in [0.1, 0.15) is 53.0 Å². The molecular weight excluding hydrogens is 440 g/mol. The van der Waals surface area contributed by atoms with Gasteiger partial charge in [0.25, 0.3) is 5.91 Å². The van der Waals surface area contributed by atoms with Crippen molar-refractivity contribution in [3.8, 4) is 16.9 Å². The Morgan fingerprint density at radius 3 is 2.58 bits per heavy atom. The molecule has 1 aliphatic rings. The zero-order valence-electron chi connectivity index (χ0n) is 18.3. The normalized spacial score (nSPS) is 15.4. The molecule has 0 radical (unpaired) electrons. The molecule has 6 heteroatoms. The number of ether oxygens (including phenoxy) is 1. The molecule has 1 aromatic heterocycles. The Morgan fingerprint density at radius 1 is 1.06 bits per heavy atom. The minimum Gasteiger partial charge on any atom is -0.493 e. The molecule has 0 saturated heterocycles. The Kier molecular flexibility index (Phi) is 5.62. The molecule has 5 rings (SSSR count).